The fourth-order valence-corrected chi connectivity index (χ4v) is 4.75. The Kier molecular flexibility index (Phi) is 6.60. The summed E-state index contributed by atoms with van der Waals surface area (Å²) < 4.78 is 0. The minimum Gasteiger partial charge on any atom is -0.387 e. The quantitative estimate of drug-likeness (QED) is 0.764. The zero-order valence-electron chi connectivity index (χ0n) is 15.0. The number of piperidine rings is 1. The molecule has 0 radical (unpaired) electrons. The molecule has 0 bridgehead atoms. The molecule has 1 aliphatic heterocycles. The van der Waals surface area contributed by atoms with Gasteiger partial charge in [-0.1, -0.05) is 55.8 Å². The van der Waals surface area contributed by atoms with Crippen molar-refractivity contribution >= 4 is 11.6 Å². The lowest BCUT2D eigenvalue weighted by Gasteiger charge is -2.39. The van der Waals surface area contributed by atoms with Crippen molar-refractivity contribution in [1.29, 1.82) is 0 Å². The number of halogens is 1. The molecule has 2 atom stereocenters. The number of hydrogen-bond acceptors (Lipinski definition) is 2. The summed E-state index contributed by atoms with van der Waals surface area (Å²) in [6.07, 6.45) is 10.9. The smallest absolute Gasteiger partial charge is 0.0942 e. The minimum atomic E-state index is -0.433. The molecule has 1 N–H and O–H groups in total. The van der Waals surface area contributed by atoms with Crippen LogP contribution in [0.25, 0.3) is 0 Å². The first kappa shape index (κ1) is 18.2. The number of aliphatic hydroxyl groups is 1. The number of hydrogen-bond donors (Lipinski definition) is 1. The summed E-state index contributed by atoms with van der Waals surface area (Å²) in [6, 6.07) is 7.78. The second-order valence-electron chi connectivity index (χ2n) is 7.96. The Labute approximate surface area is 152 Å². The van der Waals surface area contributed by atoms with Gasteiger partial charge in [0.15, 0.2) is 0 Å². The summed E-state index contributed by atoms with van der Waals surface area (Å²) in [7, 11) is 0. The maximum absolute atomic E-state index is 10.7. The third-order valence-corrected chi connectivity index (χ3v) is 6.54. The second kappa shape index (κ2) is 8.69. The molecule has 1 aromatic carbocycles. The standard InChI is InChI=1S/C21H32ClNO/c1-16(21(24)19-7-9-20(22)10-8-19)23-13-11-18(12-14-23)15-17-5-3-2-4-6-17/h7-10,16-18,21,24H,2-6,11-15H2,1H3. The Hall–Kier alpha value is -0.570. The third kappa shape index (κ3) is 4.74. The average molecular weight is 350 g/mol. The molecular formula is C21H32ClNO. The first-order valence-electron chi connectivity index (χ1n) is 9.81. The molecule has 0 amide bonds. The molecule has 1 heterocycles. The van der Waals surface area contributed by atoms with Crippen molar-refractivity contribution in [3.63, 3.8) is 0 Å². The van der Waals surface area contributed by atoms with Gasteiger partial charge in [-0.25, -0.2) is 0 Å². The van der Waals surface area contributed by atoms with Crippen LogP contribution in [0.3, 0.4) is 0 Å². The van der Waals surface area contributed by atoms with Crippen molar-refractivity contribution in [3.8, 4) is 0 Å². The highest BCUT2D eigenvalue weighted by atomic mass is 35.5. The Morgan fingerprint density at radius 1 is 1.00 bits per heavy atom. The van der Waals surface area contributed by atoms with Crippen molar-refractivity contribution in [1.82, 2.24) is 4.90 Å². The van der Waals surface area contributed by atoms with E-state index in [0.717, 1.165) is 35.5 Å². The molecule has 1 aromatic rings. The van der Waals surface area contributed by atoms with Gasteiger partial charge in [-0.05, 0) is 68.8 Å². The van der Waals surface area contributed by atoms with Gasteiger partial charge >= 0.3 is 0 Å². The van der Waals surface area contributed by atoms with E-state index in [1.165, 1.54) is 51.4 Å². The molecule has 24 heavy (non-hydrogen) atoms. The van der Waals surface area contributed by atoms with E-state index in [-0.39, 0.29) is 6.04 Å². The van der Waals surface area contributed by atoms with Crippen LogP contribution in [0.1, 0.15) is 70.0 Å². The van der Waals surface area contributed by atoms with E-state index in [9.17, 15) is 5.11 Å². The van der Waals surface area contributed by atoms with Crippen molar-refractivity contribution in [2.24, 2.45) is 11.8 Å². The zero-order chi connectivity index (χ0) is 16.9. The van der Waals surface area contributed by atoms with Gasteiger partial charge in [0.05, 0.1) is 6.10 Å². The van der Waals surface area contributed by atoms with Crippen LogP contribution in [-0.4, -0.2) is 29.1 Å². The van der Waals surface area contributed by atoms with Crippen molar-refractivity contribution < 1.29 is 5.11 Å². The Morgan fingerprint density at radius 3 is 2.21 bits per heavy atom. The lowest BCUT2D eigenvalue weighted by atomic mass is 9.79. The molecule has 2 fully saturated rings. The normalized spacial score (nSPS) is 24.0. The van der Waals surface area contributed by atoms with E-state index < -0.39 is 6.10 Å². The van der Waals surface area contributed by atoms with Gasteiger partial charge in [0.1, 0.15) is 0 Å². The predicted octanol–water partition coefficient (Wildman–Crippen LogP) is 5.44. The number of nitrogens with zero attached hydrogens (tertiary/aromatic N) is 1. The largest absolute Gasteiger partial charge is 0.387 e. The lowest BCUT2D eigenvalue weighted by molar-refractivity contribution is 0.0338. The van der Waals surface area contributed by atoms with E-state index in [1.54, 1.807) is 0 Å². The molecule has 0 aromatic heterocycles. The molecule has 1 aliphatic carbocycles. The van der Waals surface area contributed by atoms with Gasteiger partial charge in [0.2, 0.25) is 0 Å². The number of benzene rings is 1. The number of aliphatic hydroxyl groups excluding tert-OH is 1. The topological polar surface area (TPSA) is 23.5 Å². The first-order valence-corrected chi connectivity index (χ1v) is 10.2. The monoisotopic (exact) mass is 349 g/mol. The fraction of sp³-hybridized carbons (Fsp3) is 0.714. The van der Waals surface area contributed by atoms with Gasteiger partial charge in [-0.2, -0.15) is 0 Å². The van der Waals surface area contributed by atoms with Gasteiger partial charge in [-0.15, -0.1) is 0 Å². The predicted molar refractivity (Wildman–Crippen MR) is 101 cm³/mol. The Balaban J connectivity index is 1.47. The highest BCUT2D eigenvalue weighted by molar-refractivity contribution is 6.30. The zero-order valence-corrected chi connectivity index (χ0v) is 15.7. The van der Waals surface area contributed by atoms with Crippen LogP contribution in [0.2, 0.25) is 5.02 Å². The molecule has 3 heteroatoms. The molecule has 1 saturated carbocycles. The molecule has 2 aliphatic rings. The summed E-state index contributed by atoms with van der Waals surface area (Å²) in [5.41, 5.74) is 0.969. The third-order valence-electron chi connectivity index (χ3n) is 6.28. The van der Waals surface area contributed by atoms with Crippen LogP contribution in [0, 0.1) is 11.8 Å². The van der Waals surface area contributed by atoms with Gasteiger partial charge < -0.3 is 5.11 Å². The summed E-state index contributed by atoms with van der Waals surface area (Å²) in [6.45, 7) is 4.41. The van der Waals surface area contributed by atoms with Crippen LogP contribution in [0.15, 0.2) is 24.3 Å². The lowest BCUT2D eigenvalue weighted by Crippen LogP contribution is -2.43. The first-order chi connectivity index (χ1) is 11.6. The Bertz CT molecular complexity index is 489. The van der Waals surface area contributed by atoms with Crippen LogP contribution < -0.4 is 0 Å². The molecule has 0 spiro atoms. The SMILES string of the molecule is CC(C(O)c1ccc(Cl)cc1)N1CCC(CC2CCCCC2)CC1. The van der Waals surface area contributed by atoms with Crippen LogP contribution in [0.5, 0.6) is 0 Å². The molecule has 1 saturated heterocycles. The molecule has 2 unspecified atom stereocenters. The number of likely N-dealkylation sites (tertiary alicyclic amines) is 1. The van der Waals surface area contributed by atoms with Crippen molar-refractivity contribution in [2.45, 2.75) is 70.4 Å². The van der Waals surface area contributed by atoms with E-state index in [1.807, 2.05) is 24.3 Å². The Morgan fingerprint density at radius 2 is 1.58 bits per heavy atom. The number of rotatable bonds is 5. The highest BCUT2D eigenvalue weighted by Gasteiger charge is 2.28. The fourth-order valence-electron chi connectivity index (χ4n) is 4.63. The van der Waals surface area contributed by atoms with E-state index in [4.69, 9.17) is 11.6 Å². The van der Waals surface area contributed by atoms with Crippen LogP contribution in [-0.2, 0) is 0 Å². The van der Waals surface area contributed by atoms with Crippen LogP contribution in [0.4, 0.5) is 0 Å². The summed E-state index contributed by atoms with van der Waals surface area (Å²) in [4.78, 5) is 2.47. The second-order valence-corrected chi connectivity index (χ2v) is 8.39. The maximum atomic E-state index is 10.7. The van der Waals surface area contributed by atoms with E-state index >= 15 is 0 Å². The molecular weight excluding hydrogens is 318 g/mol. The summed E-state index contributed by atoms with van der Waals surface area (Å²) in [5, 5.41) is 11.4. The summed E-state index contributed by atoms with van der Waals surface area (Å²) in [5.74, 6) is 1.90. The minimum absolute atomic E-state index is 0.168. The van der Waals surface area contributed by atoms with E-state index in [2.05, 4.69) is 11.8 Å². The molecule has 3 rings (SSSR count). The van der Waals surface area contributed by atoms with Gasteiger partial charge in [0, 0.05) is 11.1 Å². The van der Waals surface area contributed by atoms with E-state index in [0.29, 0.717) is 0 Å². The van der Waals surface area contributed by atoms with Crippen molar-refractivity contribution in [3.05, 3.63) is 34.9 Å². The van der Waals surface area contributed by atoms with Gasteiger partial charge in [0.25, 0.3) is 0 Å². The van der Waals surface area contributed by atoms with Crippen molar-refractivity contribution in [2.75, 3.05) is 13.1 Å². The van der Waals surface area contributed by atoms with Crippen LogP contribution >= 0.6 is 11.6 Å². The molecule has 2 nitrogen and oxygen atoms in total. The highest BCUT2D eigenvalue weighted by Crippen LogP contribution is 2.34. The summed E-state index contributed by atoms with van der Waals surface area (Å²) >= 11 is 5.95. The van der Waals surface area contributed by atoms with Gasteiger partial charge in [-0.3, -0.25) is 4.90 Å². The maximum Gasteiger partial charge on any atom is 0.0942 e. The molecule has 134 valence electrons. The average Bonchev–Trinajstić information content (AvgIpc) is 2.63.